The number of ether oxygens (including phenoxy) is 2. The summed E-state index contributed by atoms with van der Waals surface area (Å²) < 4.78 is 49.4. The number of methoxy groups -OCH3 is 1. The fourth-order valence-electron chi connectivity index (χ4n) is 2.36. The van der Waals surface area contributed by atoms with Gasteiger partial charge in [0.15, 0.2) is 11.5 Å². The average molecular weight is 378 g/mol. The van der Waals surface area contributed by atoms with Crippen LogP contribution in [0.25, 0.3) is 0 Å². The molecule has 0 bridgehead atoms. The topological polar surface area (TPSA) is 59.9 Å². The number of hydrogen-bond donors (Lipinski definition) is 1. The van der Waals surface area contributed by atoms with Crippen LogP contribution in [0, 0.1) is 5.92 Å². The fraction of sp³-hybridized carbons (Fsp3) is 0.263. The van der Waals surface area contributed by atoms with Crippen molar-refractivity contribution in [3.05, 3.63) is 53.6 Å². The van der Waals surface area contributed by atoms with Crippen molar-refractivity contribution in [1.82, 2.24) is 0 Å². The molecule has 0 heterocycles. The van der Waals surface area contributed by atoms with Crippen LogP contribution < -0.4 is 14.9 Å². The summed E-state index contributed by atoms with van der Waals surface area (Å²) >= 11 is 0. The number of hydrazone groups is 1. The number of rotatable bonds is 6. The molecular formula is C19H17F3N2O3. The third-order valence-electron chi connectivity index (χ3n) is 3.94. The number of anilines is 1. The van der Waals surface area contributed by atoms with Crippen LogP contribution in [0.15, 0.2) is 47.6 Å². The number of nitrogens with one attached hydrogen (secondary N) is 1. The summed E-state index contributed by atoms with van der Waals surface area (Å²) in [6, 6.07) is 9.83. The number of esters is 1. The van der Waals surface area contributed by atoms with Crippen LogP contribution in [0.5, 0.6) is 11.5 Å². The van der Waals surface area contributed by atoms with E-state index in [2.05, 4.69) is 10.5 Å². The van der Waals surface area contributed by atoms with Crippen LogP contribution in [-0.2, 0) is 11.0 Å². The van der Waals surface area contributed by atoms with Gasteiger partial charge < -0.3 is 9.47 Å². The highest BCUT2D eigenvalue weighted by molar-refractivity contribution is 5.83. The van der Waals surface area contributed by atoms with Crippen molar-refractivity contribution in [3.63, 3.8) is 0 Å². The number of carbonyl (C=O) groups excluding carboxylic acids is 1. The van der Waals surface area contributed by atoms with E-state index in [4.69, 9.17) is 9.47 Å². The van der Waals surface area contributed by atoms with Gasteiger partial charge in [-0.25, -0.2) is 0 Å². The largest absolute Gasteiger partial charge is 0.493 e. The van der Waals surface area contributed by atoms with Gasteiger partial charge in [0.05, 0.1) is 30.5 Å². The van der Waals surface area contributed by atoms with Crippen molar-refractivity contribution in [1.29, 1.82) is 0 Å². The SMILES string of the molecule is COc1cc(/C=N\Nc2ccccc2C(F)(F)F)ccc1OC(=O)C1CC1. The Labute approximate surface area is 153 Å². The summed E-state index contributed by atoms with van der Waals surface area (Å²) in [4.78, 5) is 11.8. The van der Waals surface area contributed by atoms with E-state index >= 15 is 0 Å². The number of halogens is 3. The Morgan fingerprint density at radius 3 is 2.59 bits per heavy atom. The Bertz CT molecular complexity index is 862. The van der Waals surface area contributed by atoms with E-state index in [-0.39, 0.29) is 17.6 Å². The number of alkyl halides is 3. The molecule has 0 atom stereocenters. The van der Waals surface area contributed by atoms with Gasteiger partial charge in [0.1, 0.15) is 0 Å². The van der Waals surface area contributed by atoms with Crippen molar-refractivity contribution in [2.75, 3.05) is 12.5 Å². The molecule has 0 radical (unpaired) electrons. The van der Waals surface area contributed by atoms with Gasteiger partial charge in [-0.3, -0.25) is 10.2 Å². The lowest BCUT2D eigenvalue weighted by Crippen LogP contribution is -2.10. The number of nitrogens with zero attached hydrogens (tertiary/aromatic N) is 1. The first-order chi connectivity index (χ1) is 12.9. The van der Waals surface area contributed by atoms with Crippen LogP contribution in [0.4, 0.5) is 18.9 Å². The highest BCUT2D eigenvalue weighted by Gasteiger charge is 2.33. The van der Waals surface area contributed by atoms with E-state index < -0.39 is 11.7 Å². The molecule has 1 aliphatic carbocycles. The second-order valence-electron chi connectivity index (χ2n) is 6.02. The van der Waals surface area contributed by atoms with Crippen LogP contribution in [0.1, 0.15) is 24.0 Å². The Morgan fingerprint density at radius 2 is 1.93 bits per heavy atom. The third kappa shape index (κ3) is 4.78. The molecule has 2 aromatic rings. The molecule has 1 saturated carbocycles. The highest BCUT2D eigenvalue weighted by Crippen LogP contribution is 2.35. The zero-order valence-electron chi connectivity index (χ0n) is 14.4. The molecule has 0 aliphatic heterocycles. The summed E-state index contributed by atoms with van der Waals surface area (Å²) in [5, 5.41) is 3.85. The van der Waals surface area contributed by atoms with E-state index in [9.17, 15) is 18.0 Å². The zero-order valence-corrected chi connectivity index (χ0v) is 14.4. The smallest absolute Gasteiger partial charge is 0.418 e. The maximum atomic E-state index is 13.0. The molecule has 1 N–H and O–H groups in total. The van der Waals surface area contributed by atoms with Crippen LogP contribution in [0.3, 0.4) is 0 Å². The maximum absolute atomic E-state index is 13.0. The minimum absolute atomic E-state index is 0.0474. The number of carbonyl (C=O) groups is 1. The van der Waals surface area contributed by atoms with Crippen LogP contribution >= 0.6 is 0 Å². The fourth-order valence-corrected chi connectivity index (χ4v) is 2.36. The Kier molecular flexibility index (Phi) is 5.34. The second kappa shape index (κ2) is 7.69. The van der Waals surface area contributed by atoms with E-state index in [1.165, 1.54) is 31.5 Å². The molecule has 0 spiro atoms. The Hall–Kier alpha value is -3.03. The lowest BCUT2D eigenvalue weighted by atomic mass is 10.2. The maximum Gasteiger partial charge on any atom is 0.418 e. The van der Waals surface area contributed by atoms with E-state index in [0.717, 1.165) is 18.9 Å². The number of para-hydroxylation sites is 1. The molecule has 0 unspecified atom stereocenters. The van der Waals surface area contributed by atoms with Gasteiger partial charge in [-0.15, -0.1) is 0 Å². The van der Waals surface area contributed by atoms with Crippen molar-refractivity contribution >= 4 is 17.9 Å². The summed E-state index contributed by atoms with van der Waals surface area (Å²) in [5.74, 6) is 0.291. The minimum atomic E-state index is -4.48. The van der Waals surface area contributed by atoms with Crippen molar-refractivity contribution in [2.45, 2.75) is 19.0 Å². The van der Waals surface area contributed by atoms with E-state index in [1.807, 2.05) is 0 Å². The van der Waals surface area contributed by atoms with Gasteiger partial charge in [0, 0.05) is 0 Å². The monoisotopic (exact) mass is 378 g/mol. The predicted octanol–water partition coefficient (Wildman–Crippen LogP) is 4.48. The second-order valence-corrected chi connectivity index (χ2v) is 6.02. The van der Waals surface area contributed by atoms with Gasteiger partial charge in [-0.05, 0) is 48.7 Å². The molecular weight excluding hydrogens is 361 g/mol. The lowest BCUT2D eigenvalue weighted by molar-refractivity contribution is -0.137. The standard InChI is InChI=1S/C19H17F3N2O3/c1-26-17-10-12(6-9-16(17)27-18(25)13-7-8-13)11-23-24-15-5-3-2-4-14(15)19(20,21)22/h2-6,9-11,13,24H,7-8H2,1H3/b23-11-. The Morgan fingerprint density at radius 1 is 1.19 bits per heavy atom. The average Bonchev–Trinajstić information content (AvgIpc) is 3.47. The van der Waals surface area contributed by atoms with Crippen molar-refractivity contribution in [2.24, 2.45) is 11.0 Å². The molecule has 1 fully saturated rings. The van der Waals surface area contributed by atoms with Crippen LogP contribution in [-0.4, -0.2) is 19.3 Å². The number of hydrogen-bond acceptors (Lipinski definition) is 5. The molecule has 2 aromatic carbocycles. The predicted molar refractivity (Wildman–Crippen MR) is 94.0 cm³/mol. The summed E-state index contributed by atoms with van der Waals surface area (Å²) in [7, 11) is 1.43. The third-order valence-corrected chi connectivity index (χ3v) is 3.94. The lowest BCUT2D eigenvalue weighted by Gasteiger charge is -2.11. The van der Waals surface area contributed by atoms with E-state index in [0.29, 0.717) is 17.1 Å². The first-order valence-electron chi connectivity index (χ1n) is 8.23. The molecule has 0 amide bonds. The molecule has 5 nitrogen and oxygen atoms in total. The molecule has 142 valence electrons. The summed E-state index contributed by atoms with van der Waals surface area (Å²) in [6.45, 7) is 0. The molecule has 3 rings (SSSR count). The molecule has 8 heteroatoms. The highest BCUT2D eigenvalue weighted by atomic mass is 19.4. The first kappa shape index (κ1) is 18.8. The molecule has 27 heavy (non-hydrogen) atoms. The van der Waals surface area contributed by atoms with Gasteiger partial charge in [-0.1, -0.05) is 12.1 Å². The van der Waals surface area contributed by atoms with Gasteiger partial charge >= 0.3 is 12.1 Å². The molecule has 1 aliphatic rings. The van der Waals surface area contributed by atoms with Crippen LogP contribution in [0.2, 0.25) is 0 Å². The Balaban J connectivity index is 1.71. The summed E-state index contributed by atoms with van der Waals surface area (Å²) in [5.41, 5.74) is 2.01. The minimum Gasteiger partial charge on any atom is -0.493 e. The zero-order chi connectivity index (χ0) is 19.4. The van der Waals surface area contributed by atoms with Crippen molar-refractivity contribution in [3.8, 4) is 11.5 Å². The van der Waals surface area contributed by atoms with Gasteiger partial charge in [-0.2, -0.15) is 18.3 Å². The quantitative estimate of drug-likeness (QED) is 0.349. The number of benzene rings is 2. The molecule has 0 aromatic heterocycles. The van der Waals surface area contributed by atoms with E-state index in [1.54, 1.807) is 18.2 Å². The summed E-state index contributed by atoms with van der Waals surface area (Å²) in [6.07, 6.45) is -1.47. The molecule has 0 saturated heterocycles. The normalized spacial score (nSPS) is 14.2. The van der Waals surface area contributed by atoms with Gasteiger partial charge in [0.25, 0.3) is 0 Å². The van der Waals surface area contributed by atoms with Crippen molar-refractivity contribution < 1.29 is 27.4 Å². The van der Waals surface area contributed by atoms with Gasteiger partial charge in [0.2, 0.25) is 0 Å². The first-order valence-corrected chi connectivity index (χ1v) is 8.23.